The second-order valence-corrected chi connectivity index (χ2v) is 10.2. The van der Waals surface area contributed by atoms with Gasteiger partial charge in [-0.3, -0.25) is 10.8 Å². The predicted octanol–water partition coefficient (Wildman–Crippen LogP) is 4.99. The van der Waals surface area contributed by atoms with Gasteiger partial charge in [0, 0.05) is 27.2 Å². The highest BCUT2D eigenvalue weighted by Gasteiger charge is 2.08. The maximum absolute atomic E-state index is 9.10. The Morgan fingerprint density at radius 2 is 0.825 bits per heavy atom. The molecule has 0 unspecified atom stereocenters. The van der Waals surface area contributed by atoms with Crippen molar-refractivity contribution in [3.8, 4) is 0 Å². The molecule has 0 fully saturated rings. The molecule has 0 saturated carbocycles. The van der Waals surface area contributed by atoms with Crippen LogP contribution in [0.2, 0.25) is 0 Å². The molecule has 2 aromatic heterocycles. The SMILES string of the molecule is Cn1c(=N)n(CCCCCCCCCCCCn2c(=N)n(C)c3ccccc32)c2ccccc21.O=C(O)C(=O)O. The Hall–Kier alpha value is -4.08. The highest BCUT2D eigenvalue weighted by molar-refractivity contribution is 6.27. The number of fused-ring (bicyclic) bond motifs is 2. The van der Waals surface area contributed by atoms with Gasteiger partial charge in [0.2, 0.25) is 11.2 Å². The molecule has 2 heterocycles. The fourth-order valence-electron chi connectivity index (χ4n) is 5.18. The van der Waals surface area contributed by atoms with Gasteiger partial charge in [0.1, 0.15) is 0 Å². The van der Waals surface area contributed by atoms with Gasteiger partial charge < -0.3 is 28.5 Å². The van der Waals surface area contributed by atoms with Crippen LogP contribution in [-0.4, -0.2) is 40.4 Å². The Labute approximate surface area is 234 Å². The summed E-state index contributed by atoms with van der Waals surface area (Å²) < 4.78 is 8.24. The third-order valence-corrected chi connectivity index (χ3v) is 7.41. The molecule has 4 N–H and O–H groups in total. The summed E-state index contributed by atoms with van der Waals surface area (Å²) in [6, 6.07) is 16.7. The highest BCUT2D eigenvalue weighted by Crippen LogP contribution is 2.16. The number of aliphatic carboxylic acids is 2. The van der Waals surface area contributed by atoms with Crippen LogP contribution in [0.4, 0.5) is 0 Å². The number of rotatable bonds is 13. The lowest BCUT2D eigenvalue weighted by Gasteiger charge is -2.06. The number of aryl methyl sites for hydroxylation is 4. The lowest BCUT2D eigenvalue weighted by atomic mass is 10.1. The van der Waals surface area contributed by atoms with Crippen LogP contribution < -0.4 is 11.2 Å². The van der Waals surface area contributed by atoms with E-state index in [1.54, 1.807) is 0 Å². The lowest BCUT2D eigenvalue weighted by molar-refractivity contribution is -0.159. The normalized spacial score (nSPS) is 11.1. The Bertz CT molecular complexity index is 1430. The summed E-state index contributed by atoms with van der Waals surface area (Å²) in [5, 5.41) is 31.5. The van der Waals surface area contributed by atoms with Gasteiger partial charge in [0.15, 0.2) is 0 Å². The summed E-state index contributed by atoms with van der Waals surface area (Å²) in [5.74, 6) is -3.65. The molecule has 4 aromatic rings. The van der Waals surface area contributed by atoms with Crippen molar-refractivity contribution < 1.29 is 19.8 Å². The zero-order valence-corrected chi connectivity index (χ0v) is 23.6. The number of carboxylic acids is 2. The molecule has 216 valence electrons. The van der Waals surface area contributed by atoms with Gasteiger partial charge in [-0.15, -0.1) is 0 Å². The van der Waals surface area contributed by atoms with Gasteiger partial charge in [-0.2, -0.15) is 0 Å². The van der Waals surface area contributed by atoms with Gasteiger partial charge in [-0.25, -0.2) is 9.59 Å². The quantitative estimate of drug-likeness (QED) is 0.137. The van der Waals surface area contributed by atoms with E-state index in [1.165, 1.54) is 62.4 Å². The van der Waals surface area contributed by atoms with E-state index < -0.39 is 11.9 Å². The molecule has 0 radical (unpaired) electrons. The minimum absolute atomic E-state index is 0.596. The predicted molar refractivity (Wildman–Crippen MR) is 155 cm³/mol. The molecule has 10 heteroatoms. The minimum Gasteiger partial charge on any atom is -0.473 e. The molecule has 0 atom stereocenters. The van der Waals surface area contributed by atoms with Crippen LogP contribution in [0, 0.1) is 10.8 Å². The van der Waals surface area contributed by atoms with Crippen LogP contribution in [0.1, 0.15) is 64.2 Å². The number of aromatic nitrogens is 4. The van der Waals surface area contributed by atoms with Crippen LogP contribution >= 0.6 is 0 Å². The number of imidazole rings is 2. The number of benzene rings is 2. The van der Waals surface area contributed by atoms with E-state index in [4.69, 9.17) is 30.6 Å². The van der Waals surface area contributed by atoms with Crippen molar-refractivity contribution in [1.29, 1.82) is 10.8 Å². The first-order chi connectivity index (χ1) is 19.2. The molecule has 0 spiro atoms. The van der Waals surface area contributed by atoms with Crippen molar-refractivity contribution in [2.45, 2.75) is 77.3 Å². The molecule has 0 aliphatic carbocycles. The third-order valence-electron chi connectivity index (χ3n) is 7.41. The van der Waals surface area contributed by atoms with Crippen LogP contribution in [0.5, 0.6) is 0 Å². The summed E-state index contributed by atoms with van der Waals surface area (Å²) in [7, 11) is 3.96. The standard InChI is InChI=1S/C28H40N6.C2H2O4/c1-31-23-17-11-13-19-25(23)33(27(31)29)21-15-9-7-5-3-4-6-8-10-16-22-34-26-20-14-12-18-24(26)32(2)28(34)30;3-1(4)2(5)6/h11-14,17-20,29-30H,3-10,15-16,21-22H2,1-2H3;(H,3,4)(H,5,6). The van der Waals surface area contributed by atoms with Crippen molar-refractivity contribution in [2.24, 2.45) is 14.1 Å². The number of carbonyl (C=O) groups is 2. The van der Waals surface area contributed by atoms with E-state index in [9.17, 15) is 0 Å². The molecular formula is C30H42N6O4. The van der Waals surface area contributed by atoms with E-state index in [0.29, 0.717) is 11.2 Å². The average Bonchev–Trinajstić information content (AvgIpc) is 3.34. The van der Waals surface area contributed by atoms with Gasteiger partial charge in [-0.1, -0.05) is 75.6 Å². The van der Waals surface area contributed by atoms with Crippen molar-refractivity contribution in [1.82, 2.24) is 18.3 Å². The lowest BCUT2D eigenvalue weighted by Crippen LogP contribution is -2.22. The Kier molecular flexibility index (Phi) is 11.4. The van der Waals surface area contributed by atoms with Crippen molar-refractivity contribution >= 4 is 34.0 Å². The van der Waals surface area contributed by atoms with Crippen molar-refractivity contribution in [3.63, 3.8) is 0 Å². The molecule has 0 bridgehead atoms. The van der Waals surface area contributed by atoms with Gasteiger partial charge in [0.25, 0.3) is 0 Å². The maximum atomic E-state index is 9.10. The Morgan fingerprint density at radius 1 is 0.550 bits per heavy atom. The first kappa shape index (κ1) is 30.5. The summed E-state index contributed by atoms with van der Waals surface area (Å²) in [6.45, 7) is 1.88. The zero-order valence-electron chi connectivity index (χ0n) is 23.6. The summed E-state index contributed by atoms with van der Waals surface area (Å²) in [5.41, 5.74) is 5.82. The van der Waals surface area contributed by atoms with Crippen molar-refractivity contribution in [3.05, 3.63) is 59.8 Å². The number of nitrogens with one attached hydrogen (secondary N) is 2. The third kappa shape index (κ3) is 7.74. The highest BCUT2D eigenvalue weighted by atomic mass is 16.4. The second-order valence-electron chi connectivity index (χ2n) is 10.2. The summed E-state index contributed by atoms with van der Waals surface area (Å²) >= 11 is 0. The largest absolute Gasteiger partial charge is 0.473 e. The smallest absolute Gasteiger partial charge is 0.414 e. The number of hydrogen-bond donors (Lipinski definition) is 4. The monoisotopic (exact) mass is 550 g/mol. The Balaban J connectivity index is 0.000000663. The molecule has 0 saturated heterocycles. The number of unbranched alkanes of at least 4 members (excludes halogenated alkanes) is 9. The number of nitrogens with zero attached hydrogens (tertiary/aromatic N) is 4. The number of para-hydroxylation sites is 4. The fraction of sp³-hybridized carbons (Fsp3) is 0.467. The Morgan fingerprint density at radius 3 is 1.12 bits per heavy atom. The summed E-state index contributed by atoms with van der Waals surface area (Å²) in [6.07, 6.45) is 12.7. The van der Waals surface area contributed by atoms with E-state index in [-0.39, 0.29) is 0 Å². The zero-order chi connectivity index (χ0) is 29.1. The molecule has 0 aliphatic heterocycles. The van der Waals surface area contributed by atoms with Crippen molar-refractivity contribution in [2.75, 3.05) is 0 Å². The van der Waals surface area contributed by atoms with E-state index in [2.05, 4.69) is 45.5 Å². The van der Waals surface area contributed by atoms with Gasteiger partial charge >= 0.3 is 11.9 Å². The van der Waals surface area contributed by atoms with E-state index in [0.717, 1.165) is 37.0 Å². The minimum atomic E-state index is -1.82. The topological polar surface area (TPSA) is 142 Å². The molecule has 0 amide bonds. The first-order valence-corrected chi connectivity index (χ1v) is 14.1. The average molecular weight is 551 g/mol. The molecule has 10 nitrogen and oxygen atoms in total. The maximum Gasteiger partial charge on any atom is 0.414 e. The van der Waals surface area contributed by atoms with E-state index >= 15 is 0 Å². The molecule has 0 aliphatic rings. The number of carboxylic acid groups (broad SMARTS) is 2. The van der Waals surface area contributed by atoms with Crippen LogP contribution in [-0.2, 0) is 36.8 Å². The van der Waals surface area contributed by atoms with Crippen LogP contribution in [0.25, 0.3) is 22.1 Å². The molecule has 2 aromatic carbocycles. The van der Waals surface area contributed by atoms with Crippen LogP contribution in [0.3, 0.4) is 0 Å². The fourth-order valence-corrected chi connectivity index (χ4v) is 5.18. The van der Waals surface area contributed by atoms with Crippen LogP contribution in [0.15, 0.2) is 48.5 Å². The van der Waals surface area contributed by atoms with E-state index in [1.807, 2.05) is 35.4 Å². The first-order valence-electron chi connectivity index (χ1n) is 14.1. The molecular weight excluding hydrogens is 508 g/mol. The van der Waals surface area contributed by atoms with Gasteiger partial charge in [0.05, 0.1) is 22.1 Å². The molecule has 4 rings (SSSR count). The number of hydrogen-bond acceptors (Lipinski definition) is 4. The summed E-state index contributed by atoms with van der Waals surface area (Å²) in [4.78, 5) is 18.2. The molecule has 40 heavy (non-hydrogen) atoms. The second kappa shape index (κ2) is 14.9. The van der Waals surface area contributed by atoms with Gasteiger partial charge in [-0.05, 0) is 37.1 Å².